The van der Waals surface area contributed by atoms with Crippen LogP contribution in [-0.4, -0.2) is 43.5 Å². The lowest BCUT2D eigenvalue weighted by Gasteiger charge is -2.24. The highest BCUT2D eigenvalue weighted by molar-refractivity contribution is 7.64. The van der Waals surface area contributed by atoms with E-state index >= 15 is 4.39 Å². The van der Waals surface area contributed by atoms with Crippen LogP contribution >= 0.6 is 7.92 Å². The van der Waals surface area contributed by atoms with E-state index in [9.17, 15) is 22.8 Å². The van der Waals surface area contributed by atoms with E-state index in [4.69, 9.17) is 4.74 Å². The molecule has 1 saturated heterocycles. The molecule has 34 heavy (non-hydrogen) atoms. The van der Waals surface area contributed by atoms with Crippen molar-refractivity contribution < 1.29 is 31.9 Å². The standard InChI is InChI=1S/C24H27F4N2O3P/c1-23(2,3)33-22(32)29-16-12-13-30(21(16)31)17-11-10-15(20(25)19(17)24(26,27)28)14-8-6-7-9-18(14)34(4)5/h6-11,16H,12-13H2,1-5H3,(H,29,32). The number of nitrogens with one attached hydrogen (secondary N) is 1. The molecule has 1 fully saturated rings. The molecule has 1 unspecified atom stereocenters. The molecule has 0 aromatic heterocycles. The van der Waals surface area contributed by atoms with Gasteiger partial charge in [-0.25, -0.2) is 9.18 Å². The Morgan fingerprint density at radius 3 is 2.32 bits per heavy atom. The molecule has 0 saturated carbocycles. The SMILES string of the molecule is CP(C)c1ccccc1-c1ccc(N2CCC(NC(=O)OC(C)(C)C)C2=O)c(C(F)(F)F)c1F. The van der Waals surface area contributed by atoms with Crippen LogP contribution < -0.4 is 15.5 Å². The average molecular weight is 498 g/mol. The van der Waals surface area contributed by atoms with Gasteiger partial charge < -0.3 is 15.0 Å². The van der Waals surface area contributed by atoms with E-state index in [-0.39, 0.29) is 18.5 Å². The zero-order valence-electron chi connectivity index (χ0n) is 19.6. The predicted octanol–water partition coefficient (Wildman–Crippen LogP) is 5.51. The third kappa shape index (κ3) is 5.52. The maximum Gasteiger partial charge on any atom is 0.421 e. The minimum Gasteiger partial charge on any atom is -0.444 e. The van der Waals surface area contributed by atoms with Crippen LogP contribution in [0.25, 0.3) is 11.1 Å². The van der Waals surface area contributed by atoms with Gasteiger partial charge in [0.25, 0.3) is 0 Å². The Kier molecular flexibility index (Phi) is 7.27. The average Bonchev–Trinajstić information content (AvgIpc) is 3.05. The quantitative estimate of drug-likeness (QED) is 0.447. The molecule has 1 atom stereocenters. The Labute approximate surface area is 197 Å². The fraction of sp³-hybridized carbons (Fsp3) is 0.417. The first-order valence-corrected chi connectivity index (χ1v) is 12.9. The first kappa shape index (κ1) is 25.9. The van der Waals surface area contributed by atoms with Crippen molar-refractivity contribution in [2.45, 2.75) is 45.0 Å². The van der Waals surface area contributed by atoms with Crippen LogP contribution in [0, 0.1) is 5.82 Å². The summed E-state index contributed by atoms with van der Waals surface area (Å²) < 4.78 is 62.8. The van der Waals surface area contributed by atoms with Crippen molar-refractivity contribution >= 4 is 30.9 Å². The normalized spacial score (nSPS) is 16.8. The van der Waals surface area contributed by atoms with Crippen LogP contribution in [0.15, 0.2) is 36.4 Å². The largest absolute Gasteiger partial charge is 0.444 e. The highest BCUT2D eigenvalue weighted by Gasteiger charge is 2.43. The summed E-state index contributed by atoms with van der Waals surface area (Å²) in [5.74, 6) is -2.18. The number of amides is 2. The van der Waals surface area contributed by atoms with Crippen molar-refractivity contribution in [1.29, 1.82) is 0 Å². The Morgan fingerprint density at radius 2 is 1.74 bits per heavy atom. The first-order chi connectivity index (χ1) is 15.7. The second-order valence-corrected chi connectivity index (χ2v) is 11.5. The topological polar surface area (TPSA) is 58.6 Å². The maximum atomic E-state index is 15.5. The molecule has 2 aromatic rings. The lowest BCUT2D eigenvalue weighted by Crippen LogP contribution is -2.44. The summed E-state index contributed by atoms with van der Waals surface area (Å²) in [7, 11) is -0.703. The van der Waals surface area contributed by atoms with Gasteiger partial charge in [-0.15, -0.1) is 0 Å². The molecule has 0 radical (unpaired) electrons. The van der Waals surface area contributed by atoms with E-state index in [0.717, 1.165) is 16.3 Å². The van der Waals surface area contributed by atoms with Crippen LogP contribution in [0.1, 0.15) is 32.8 Å². The van der Waals surface area contributed by atoms with Crippen molar-refractivity contribution in [2.24, 2.45) is 0 Å². The first-order valence-electron chi connectivity index (χ1n) is 10.7. The lowest BCUT2D eigenvalue weighted by molar-refractivity contribution is -0.139. The van der Waals surface area contributed by atoms with E-state index < -0.39 is 54.8 Å². The van der Waals surface area contributed by atoms with Crippen LogP contribution in [0.5, 0.6) is 0 Å². The van der Waals surface area contributed by atoms with Crippen LogP contribution in [0.4, 0.5) is 28.0 Å². The molecule has 0 spiro atoms. The number of ether oxygens (including phenoxy) is 1. The number of anilines is 1. The summed E-state index contributed by atoms with van der Waals surface area (Å²) in [5.41, 5.74) is -2.65. The fourth-order valence-electron chi connectivity index (χ4n) is 3.86. The molecule has 3 rings (SSSR count). The third-order valence-electron chi connectivity index (χ3n) is 5.27. The van der Waals surface area contributed by atoms with E-state index in [2.05, 4.69) is 5.32 Å². The zero-order valence-corrected chi connectivity index (χ0v) is 20.5. The molecule has 1 aliphatic heterocycles. The second kappa shape index (κ2) is 9.53. The molecule has 10 heteroatoms. The Balaban J connectivity index is 2.00. The second-order valence-electron chi connectivity index (χ2n) is 9.21. The Morgan fingerprint density at radius 1 is 1.09 bits per heavy atom. The van der Waals surface area contributed by atoms with Gasteiger partial charge in [0.1, 0.15) is 23.0 Å². The number of hydrogen-bond donors (Lipinski definition) is 1. The highest BCUT2D eigenvalue weighted by atomic mass is 31.1. The summed E-state index contributed by atoms with van der Waals surface area (Å²) in [5, 5.41) is 3.16. The molecule has 1 N–H and O–H groups in total. The number of alkyl carbamates (subject to hydrolysis) is 1. The van der Waals surface area contributed by atoms with Crippen LogP contribution in [-0.2, 0) is 15.7 Å². The summed E-state index contributed by atoms with van der Waals surface area (Å²) in [6.45, 7) is 8.71. The summed E-state index contributed by atoms with van der Waals surface area (Å²) in [4.78, 5) is 25.8. The highest BCUT2D eigenvalue weighted by Crippen LogP contribution is 2.43. The lowest BCUT2D eigenvalue weighted by atomic mass is 9.99. The fourth-order valence-corrected chi connectivity index (χ4v) is 4.92. The number of nitrogens with zero attached hydrogens (tertiary/aromatic N) is 1. The minimum atomic E-state index is -5.04. The third-order valence-corrected chi connectivity index (χ3v) is 6.62. The number of hydrogen-bond acceptors (Lipinski definition) is 3. The number of rotatable bonds is 4. The summed E-state index contributed by atoms with van der Waals surface area (Å²) >= 11 is 0. The molecule has 0 bridgehead atoms. The molecular formula is C24H27F4N2O3P. The number of alkyl halides is 3. The number of halogens is 4. The van der Waals surface area contributed by atoms with Gasteiger partial charge in [-0.3, -0.25) is 4.79 Å². The van der Waals surface area contributed by atoms with Gasteiger partial charge in [-0.05, 0) is 63.5 Å². The number of carbonyl (C=O) groups excluding carboxylic acids is 2. The summed E-state index contributed by atoms with van der Waals surface area (Å²) in [6.07, 6.45) is -5.82. The number of carbonyl (C=O) groups is 2. The van der Waals surface area contributed by atoms with E-state index in [1.54, 1.807) is 45.0 Å². The zero-order chi connectivity index (χ0) is 25.4. The van der Waals surface area contributed by atoms with Gasteiger partial charge >= 0.3 is 12.3 Å². The van der Waals surface area contributed by atoms with E-state index in [1.165, 1.54) is 6.07 Å². The monoisotopic (exact) mass is 498 g/mol. The van der Waals surface area contributed by atoms with Gasteiger partial charge in [0.15, 0.2) is 0 Å². The van der Waals surface area contributed by atoms with Crippen molar-refractivity contribution in [3.8, 4) is 11.1 Å². The van der Waals surface area contributed by atoms with Crippen molar-refractivity contribution in [3.63, 3.8) is 0 Å². The van der Waals surface area contributed by atoms with Crippen molar-refractivity contribution in [1.82, 2.24) is 5.32 Å². The number of benzene rings is 2. The molecule has 2 amide bonds. The summed E-state index contributed by atoms with van der Waals surface area (Å²) in [6, 6.07) is 8.12. The van der Waals surface area contributed by atoms with E-state index in [1.807, 2.05) is 13.3 Å². The van der Waals surface area contributed by atoms with Gasteiger partial charge in [0, 0.05) is 12.1 Å². The Hall–Kier alpha value is -2.67. The molecule has 184 valence electrons. The smallest absolute Gasteiger partial charge is 0.421 e. The molecular weight excluding hydrogens is 471 g/mol. The molecule has 0 aliphatic carbocycles. The Bertz CT molecular complexity index is 1100. The molecule has 1 aliphatic rings. The van der Waals surface area contributed by atoms with Crippen LogP contribution in [0.2, 0.25) is 0 Å². The van der Waals surface area contributed by atoms with Gasteiger partial charge in [0.05, 0.1) is 5.69 Å². The van der Waals surface area contributed by atoms with Gasteiger partial charge in [-0.1, -0.05) is 32.2 Å². The van der Waals surface area contributed by atoms with Crippen molar-refractivity contribution in [2.75, 3.05) is 24.8 Å². The maximum absolute atomic E-state index is 15.5. The van der Waals surface area contributed by atoms with E-state index in [0.29, 0.717) is 5.56 Å². The molecule has 2 aromatic carbocycles. The van der Waals surface area contributed by atoms with Crippen LogP contribution in [0.3, 0.4) is 0 Å². The minimum absolute atomic E-state index is 0.0670. The van der Waals surface area contributed by atoms with Gasteiger partial charge in [0.2, 0.25) is 5.91 Å². The van der Waals surface area contributed by atoms with Gasteiger partial charge in [-0.2, -0.15) is 13.2 Å². The molecule has 1 heterocycles. The molecule has 5 nitrogen and oxygen atoms in total. The predicted molar refractivity (Wildman–Crippen MR) is 125 cm³/mol. The van der Waals surface area contributed by atoms with Crippen molar-refractivity contribution in [3.05, 3.63) is 47.8 Å².